The summed E-state index contributed by atoms with van der Waals surface area (Å²) in [6.07, 6.45) is 0. The molecule has 0 saturated heterocycles. The number of rotatable bonds is 3. The van der Waals surface area contributed by atoms with Gasteiger partial charge in [0.1, 0.15) is 5.21 Å². The quantitative estimate of drug-likeness (QED) is 0.871. The zero-order valence-corrected chi connectivity index (χ0v) is 10.7. The molecule has 0 aromatic heterocycles. The highest BCUT2D eigenvalue weighted by Crippen LogP contribution is 2.26. The predicted molar refractivity (Wildman–Crippen MR) is 62.4 cm³/mol. The van der Waals surface area contributed by atoms with Crippen LogP contribution in [0.1, 0.15) is 0 Å². The van der Waals surface area contributed by atoms with Gasteiger partial charge in [0.25, 0.3) is 0 Å². The Kier molecular flexibility index (Phi) is 4.06. The van der Waals surface area contributed by atoms with E-state index in [0.29, 0.717) is 15.2 Å². The highest BCUT2D eigenvalue weighted by Gasteiger charge is 2.08. The maximum atomic E-state index is 11.1. The van der Waals surface area contributed by atoms with Gasteiger partial charge >= 0.3 is 0 Å². The second-order valence-electron chi connectivity index (χ2n) is 2.45. The van der Waals surface area contributed by atoms with E-state index in [9.17, 15) is 8.42 Å². The van der Waals surface area contributed by atoms with Crippen LogP contribution in [0.25, 0.3) is 0 Å². The highest BCUT2D eigenvalue weighted by atomic mass is 79.9. The van der Waals surface area contributed by atoms with Crippen LogP contribution in [0.4, 0.5) is 5.69 Å². The summed E-state index contributed by atoms with van der Waals surface area (Å²) in [5, 5.41) is 0.0339. The molecule has 0 unspecified atom stereocenters. The van der Waals surface area contributed by atoms with E-state index in [4.69, 9.17) is 23.2 Å². The van der Waals surface area contributed by atoms with Crippen molar-refractivity contribution in [1.82, 2.24) is 0 Å². The second kappa shape index (κ2) is 4.70. The topological polar surface area (TPSA) is 46.2 Å². The summed E-state index contributed by atoms with van der Waals surface area (Å²) in [6.45, 7) is 0. The number of hydrogen-bond acceptors (Lipinski definition) is 2. The van der Waals surface area contributed by atoms with Crippen LogP contribution in [-0.2, 0) is 10.0 Å². The van der Waals surface area contributed by atoms with Gasteiger partial charge in [-0.2, -0.15) is 0 Å². The van der Waals surface area contributed by atoms with Crippen molar-refractivity contribution in [1.29, 1.82) is 0 Å². The molecule has 0 aliphatic heterocycles. The first kappa shape index (κ1) is 12.1. The van der Waals surface area contributed by atoms with Gasteiger partial charge in [0.2, 0.25) is 10.0 Å². The second-order valence-corrected chi connectivity index (χ2v) is 6.02. The highest BCUT2D eigenvalue weighted by molar-refractivity contribution is 9.10. The SMILES string of the molecule is O=S(=O)(CCl)Nc1ccc(Cl)c(Br)c1. The molecule has 7 heteroatoms. The van der Waals surface area contributed by atoms with E-state index >= 15 is 0 Å². The molecule has 0 heterocycles. The van der Waals surface area contributed by atoms with Crippen LogP contribution >= 0.6 is 39.1 Å². The molecule has 0 aliphatic rings. The Morgan fingerprint density at radius 2 is 2.07 bits per heavy atom. The first-order valence-electron chi connectivity index (χ1n) is 3.46. The van der Waals surface area contributed by atoms with Gasteiger partial charge in [-0.3, -0.25) is 4.72 Å². The standard InChI is InChI=1S/C7H6BrCl2NO2S/c8-6-3-5(1-2-7(6)10)11-14(12,13)4-9/h1-3,11H,4H2. The minimum absolute atomic E-state index is 0.418. The van der Waals surface area contributed by atoms with Gasteiger partial charge in [-0.05, 0) is 34.1 Å². The molecule has 1 N–H and O–H groups in total. The van der Waals surface area contributed by atoms with Crippen LogP contribution in [0.5, 0.6) is 0 Å². The van der Waals surface area contributed by atoms with Crippen molar-refractivity contribution in [3.63, 3.8) is 0 Å². The lowest BCUT2D eigenvalue weighted by Gasteiger charge is -2.05. The molecule has 1 aromatic carbocycles. The van der Waals surface area contributed by atoms with Crippen LogP contribution in [0.3, 0.4) is 0 Å². The normalized spacial score (nSPS) is 11.4. The molecule has 0 fully saturated rings. The number of halogens is 3. The molecule has 78 valence electrons. The molecule has 14 heavy (non-hydrogen) atoms. The summed E-state index contributed by atoms with van der Waals surface area (Å²) in [4.78, 5) is 0. The number of sulfonamides is 1. The summed E-state index contributed by atoms with van der Waals surface area (Å²) in [5.74, 6) is 0. The number of anilines is 1. The van der Waals surface area contributed by atoms with E-state index in [1.54, 1.807) is 18.2 Å². The maximum Gasteiger partial charge on any atom is 0.246 e. The van der Waals surface area contributed by atoms with Crippen LogP contribution in [-0.4, -0.2) is 13.6 Å². The predicted octanol–water partition coefficient (Wildman–Crippen LogP) is 3.04. The lowest BCUT2D eigenvalue weighted by Crippen LogP contribution is -2.13. The van der Waals surface area contributed by atoms with E-state index in [1.165, 1.54) is 0 Å². The van der Waals surface area contributed by atoms with Crippen molar-refractivity contribution in [2.75, 3.05) is 9.93 Å². The molecule has 0 amide bonds. The summed E-state index contributed by atoms with van der Waals surface area (Å²) in [7, 11) is -3.45. The Morgan fingerprint density at radius 1 is 1.43 bits per heavy atom. The summed E-state index contributed by atoms with van der Waals surface area (Å²) in [5.41, 5.74) is 0.418. The number of hydrogen-bond donors (Lipinski definition) is 1. The number of nitrogens with one attached hydrogen (secondary N) is 1. The first-order valence-corrected chi connectivity index (χ1v) is 6.82. The Labute approximate surface area is 101 Å². The van der Waals surface area contributed by atoms with Gasteiger partial charge in [-0.25, -0.2) is 8.42 Å². The van der Waals surface area contributed by atoms with E-state index in [-0.39, 0.29) is 0 Å². The first-order chi connectivity index (χ1) is 6.44. The van der Waals surface area contributed by atoms with Crippen molar-refractivity contribution in [2.24, 2.45) is 0 Å². The van der Waals surface area contributed by atoms with Crippen LogP contribution in [0.15, 0.2) is 22.7 Å². The van der Waals surface area contributed by atoms with Crippen LogP contribution in [0, 0.1) is 0 Å². The Morgan fingerprint density at radius 3 is 2.57 bits per heavy atom. The van der Waals surface area contributed by atoms with Crippen molar-refractivity contribution >= 4 is 54.8 Å². The van der Waals surface area contributed by atoms with Gasteiger partial charge in [0.15, 0.2) is 0 Å². The molecule has 0 atom stereocenters. The van der Waals surface area contributed by atoms with Gasteiger partial charge in [0, 0.05) is 10.2 Å². The summed E-state index contributed by atoms with van der Waals surface area (Å²) >= 11 is 14.1. The molecule has 0 bridgehead atoms. The minimum Gasteiger partial charge on any atom is -0.283 e. The van der Waals surface area contributed by atoms with Crippen molar-refractivity contribution in [2.45, 2.75) is 0 Å². The molecule has 0 saturated carbocycles. The van der Waals surface area contributed by atoms with Gasteiger partial charge in [-0.1, -0.05) is 11.6 Å². The lowest BCUT2D eigenvalue weighted by atomic mass is 10.3. The lowest BCUT2D eigenvalue weighted by molar-refractivity contribution is 0.605. The third-order valence-electron chi connectivity index (χ3n) is 1.34. The van der Waals surface area contributed by atoms with Crippen molar-refractivity contribution in [3.8, 4) is 0 Å². The van der Waals surface area contributed by atoms with Gasteiger partial charge < -0.3 is 0 Å². The third kappa shape index (κ3) is 3.31. The van der Waals surface area contributed by atoms with E-state index in [2.05, 4.69) is 20.7 Å². The van der Waals surface area contributed by atoms with Gasteiger partial charge in [-0.15, -0.1) is 11.6 Å². The average Bonchev–Trinajstić information content (AvgIpc) is 2.11. The zero-order valence-electron chi connectivity index (χ0n) is 6.80. The number of benzene rings is 1. The molecule has 1 aromatic rings. The molecule has 1 rings (SSSR count). The largest absolute Gasteiger partial charge is 0.283 e. The molecular formula is C7H6BrCl2NO2S. The minimum atomic E-state index is -3.45. The maximum absolute atomic E-state index is 11.1. The van der Waals surface area contributed by atoms with Crippen LogP contribution < -0.4 is 4.72 Å². The molecule has 0 radical (unpaired) electrons. The van der Waals surface area contributed by atoms with Crippen molar-refractivity contribution in [3.05, 3.63) is 27.7 Å². The Bertz CT molecular complexity index is 435. The van der Waals surface area contributed by atoms with E-state index < -0.39 is 15.2 Å². The monoisotopic (exact) mass is 317 g/mol. The molecule has 0 spiro atoms. The fourth-order valence-electron chi connectivity index (χ4n) is 0.766. The zero-order chi connectivity index (χ0) is 10.8. The summed E-state index contributed by atoms with van der Waals surface area (Å²) < 4.78 is 25.1. The fourth-order valence-corrected chi connectivity index (χ4v) is 1.97. The van der Waals surface area contributed by atoms with Crippen LogP contribution in [0.2, 0.25) is 5.02 Å². The van der Waals surface area contributed by atoms with E-state index in [1.807, 2.05) is 0 Å². The fraction of sp³-hybridized carbons (Fsp3) is 0.143. The van der Waals surface area contributed by atoms with E-state index in [0.717, 1.165) is 0 Å². The smallest absolute Gasteiger partial charge is 0.246 e. The molecular weight excluding hydrogens is 313 g/mol. The Balaban J connectivity index is 2.94. The average molecular weight is 319 g/mol. The van der Waals surface area contributed by atoms with Gasteiger partial charge in [0.05, 0.1) is 5.02 Å². The molecule has 3 nitrogen and oxygen atoms in total. The molecule has 0 aliphatic carbocycles. The third-order valence-corrected chi connectivity index (χ3v) is 4.25. The van der Waals surface area contributed by atoms with Crippen molar-refractivity contribution < 1.29 is 8.42 Å². The number of alkyl halides is 1. The summed E-state index contributed by atoms with van der Waals surface area (Å²) in [6, 6.07) is 4.70. The Hall–Kier alpha value is 0.0300.